The summed E-state index contributed by atoms with van der Waals surface area (Å²) < 4.78 is 18.1. The Balaban J connectivity index is 1.62. The summed E-state index contributed by atoms with van der Waals surface area (Å²) in [7, 11) is -2.60. The zero-order valence-electron chi connectivity index (χ0n) is 21.6. The second-order valence-corrected chi connectivity index (χ2v) is 12.4. The van der Waals surface area contributed by atoms with E-state index in [1.807, 2.05) is 18.2 Å². The molecule has 0 spiro atoms. The highest BCUT2D eigenvalue weighted by Crippen LogP contribution is 2.38. The minimum absolute atomic E-state index is 0.166. The molecule has 1 amide bonds. The highest BCUT2D eigenvalue weighted by atomic mass is 31.2. The van der Waals surface area contributed by atoms with Crippen LogP contribution in [-0.4, -0.2) is 67.0 Å². The summed E-state index contributed by atoms with van der Waals surface area (Å²) in [6, 6.07) is 14.7. The topological polar surface area (TPSA) is 150 Å². The van der Waals surface area contributed by atoms with Gasteiger partial charge in [0.05, 0.1) is 17.6 Å². The van der Waals surface area contributed by atoms with Crippen molar-refractivity contribution in [2.75, 3.05) is 61.6 Å². The number of ether oxygens (including phenoxy) is 1. The van der Waals surface area contributed by atoms with E-state index in [4.69, 9.17) is 10.5 Å². The SMILES string of the molecule is CCN1CCN(c2ccc(Nc3ncc(C#N)c(Nc4ccccc4P(C)(C)=O)n3)c(OC(N)=O)c2)CC1. The fraction of sp³-hybridized carbons (Fsp3) is 0.308. The molecule has 4 rings (SSSR count). The maximum atomic E-state index is 12.8. The molecular formula is C26H31N8O3P. The number of primary amides is 1. The zero-order valence-corrected chi connectivity index (χ0v) is 22.5. The molecule has 198 valence electrons. The van der Waals surface area contributed by atoms with Gasteiger partial charge in [0.15, 0.2) is 11.6 Å². The molecule has 3 aromatic rings. The first kappa shape index (κ1) is 26.9. The molecule has 2 aromatic carbocycles. The summed E-state index contributed by atoms with van der Waals surface area (Å²) in [6.07, 6.45) is 0.442. The van der Waals surface area contributed by atoms with Gasteiger partial charge in [0.2, 0.25) is 5.95 Å². The first-order valence-corrected chi connectivity index (χ1v) is 14.8. The number of carbonyl (C=O) groups excluding carboxylic acids is 1. The van der Waals surface area contributed by atoms with Crippen LogP contribution < -0.4 is 31.3 Å². The van der Waals surface area contributed by atoms with Gasteiger partial charge in [0.25, 0.3) is 0 Å². The molecule has 12 heteroatoms. The van der Waals surface area contributed by atoms with E-state index in [0.29, 0.717) is 16.7 Å². The van der Waals surface area contributed by atoms with Crippen LogP contribution in [0.15, 0.2) is 48.7 Å². The van der Waals surface area contributed by atoms with Crippen LogP contribution in [0.5, 0.6) is 5.75 Å². The summed E-state index contributed by atoms with van der Waals surface area (Å²) in [5.74, 6) is 0.645. The Morgan fingerprint density at radius 3 is 2.53 bits per heavy atom. The standard InChI is InChI=1S/C26H31N8O3P/c1-4-33-11-13-34(14-12-33)19-9-10-20(22(15-19)37-25(28)35)31-26-29-17-18(16-27)24(32-26)30-21-7-5-6-8-23(21)38(2,3)36/h5-10,15,17H,4,11-14H2,1-3H3,(H2,28,35)(H2,29,30,31,32). The third-order valence-electron chi connectivity index (χ3n) is 6.25. The quantitative estimate of drug-likeness (QED) is 0.365. The number of para-hydroxylation sites is 1. The summed E-state index contributed by atoms with van der Waals surface area (Å²) >= 11 is 0. The maximum Gasteiger partial charge on any atom is 0.410 e. The van der Waals surface area contributed by atoms with Crippen LogP contribution >= 0.6 is 7.14 Å². The Hall–Kier alpha value is -4.13. The molecular weight excluding hydrogens is 503 g/mol. The molecule has 0 saturated carbocycles. The highest BCUT2D eigenvalue weighted by Gasteiger charge is 2.20. The third-order valence-corrected chi connectivity index (χ3v) is 7.80. The number of likely N-dealkylation sites (N-methyl/N-ethyl adjacent to an activating group) is 1. The second kappa shape index (κ2) is 11.5. The first-order chi connectivity index (χ1) is 18.2. The number of aromatic nitrogens is 2. The number of carbonyl (C=O) groups is 1. The minimum Gasteiger partial charge on any atom is -0.408 e. The van der Waals surface area contributed by atoms with Gasteiger partial charge in [-0.05, 0) is 44.1 Å². The van der Waals surface area contributed by atoms with Crippen LogP contribution in [0.25, 0.3) is 0 Å². The van der Waals surface area contributed by atoms with E-state index in [1.165, 1.54) is 6.20 Å². The third kappa shape index (κ3) is 6.40. The number of hydrogen-bond donors (Lipinski definition) is 3. The van der Waals surface area contributed by atoms with Gasteiger partial charge >= 0.3 is 6.09 Å². The largest absolute Gasteiger partial charge is 0.410 e. The van der Waals surface area contributed by atoms with Crippen LogP contribution in [0.4, 0.5) is 33.6 Å². The molecule has 38 heavy (non-hydrogen) atoms. The first-order valence-electron chi connectivity index (χ1n) is 12.2. The second-order valence-electron chi connectivity index (χ2n) is 9.21. The highest BCUT2D eigenvalue weighted by molar-refractivity contribution is 7.70. The van der Waals surface area contributed by atoms with Crippen molar-refractivity contribution in [1.29, 1.82) is 5.26 Å². The van der Waals surface area contributed by atoms with Crippen LogP contribution in [-0.2, 0) is 4.57 Å². The normalized spacial score (nSPS) is 14.0. The summed E-state index contributed by atoms with van der Waals surface area (Å²) in [5.41, 5.74) is 7.48. The number of amides is 1. The van der Waals surface area contributed by atoms with Gasteiger partial charge in [0.1, 0.15) is 18.8 Å². The van der Waals surface area contributed by atoms with Crippen LogP contribution in [0.1, 0.15) is 12.5 Å². The molecule has 0 aliphatic carbocycles. The Morgan fingerprint density at radius 2 is 1.87 bits per heavy atom. The summed E-state index contributed by atoms with van der Waals surface area (Å²) in [4.78, 5) is 25.0. The van der Waals surface area contributed by atoms with Gasteiger partial charge in [-0.15, -0.1) is 0 Å². The predicted molar refractivity (Wildman–Crippen MR) is 150 cm³/mol. The molecule has 0 atom stereocenters. The van der Waals surface area contributed by atoms with Crippen molar-refractivity contribution in [1.82, 2.24) is 14.9 Å². The van der Waals surface area contributed by atoms with Crippen LogP contribution in [0.3, 0.4) is 0 Å². The Morgan fingerprint density at radius 1 is 1.13 bits per heavy atom. The van der Waals surface area contributed by atoms with E-state index in [-0.39, 0.29) is 23.1 Å². The lowest BCUT2D eigenvalue weighted by Crippen LogP contribution is -2.46. The number of nitrogens with one attached hydrogen (secondary N) is 2. The molecule has 1 saturated heterocycles. The van der Waals surface area contributed by atoms with E-state index in [0.717, 1.165) is 38.4 Å². The zero-order chi connectivity index (χ0) is 27.3. The molecule has 4 N–H and O–H groups in total. The lowest BCUT2D eigenvalue weighted by molar-refractivity contribution is 0.211. The number of rotatable bonds is 8. The Kier molecular flexibility index (Phi) is 8.15. The summed E-state index contributed by atoms with van der Waals surface area (Å²) in [5, 5.41) is 16.4. The molecule has 0 unspecified atom stereocenters. The minimum atomic E-state index is -2.60. The number of nitriles is 1. The van der Waals surface area contributed by atoms with E-state index < -0.39 is 13.2 Å². The molecule has 1 aliphatic heterocycles. The average Bonchev–Trinajstić information content (AvgIpc) is 2.89. The molecule has 1 fully saturated rings. The van der Waals surface area contributed by atoms with Gasteiger partial charge in [0, 0.05) is 43.2 Å². The molecule has 11 nitrogen and oxygen atoms in total. The average molecular weight is 535 g/mol. The van der Waals surface area contributed by atoms with E-state index in [1.54, 1.807) is 37.6 Å². The molecule has 1 aliphatic rings. The number of piperazine rings is 1. The van der Waals surface area contributed by atoms with E-state index in [2.05, 4.69) is 43.4 Å². The Labute approximate surface area is 222 Å². The smallest absolute Gasteiger partial charge is 0.408 e. The monoisotopic (exact) mass is 534 g/mol. The van der Waals surface area contributed by atoms with Crippen LogP contribution in [0.2, 0.25) is 0 Å². The van der Waals surface area contributed by atoms with Crippen molar-refractivity contribution >= 4 is 47.4 Å². The van der Waals surface area contributed by atoms with Crippen molar-refractivity contribution in [2.45, 2.75) is 6.92 Å². The number of hydrogen-bond acceptors (Lipinski definition) is 10. The molecule has 0 radical (unpaired) electrons. The Bertz CT molecular complexity index is 1410. The van der Waals surface area contributed by atoms with Crippen molar-refractivity contribution in [3.8, 4) is 11.8 Å². The number of nitrogens with two attached hydrogens (primary N) is 1. The van der Waals surface area contributed by atoms with E-state index in [9.17, 15) is 14.6 Å². The molecule has 2 heterocycles. The van der Waals surface area contributed by atoms with Crippen molar-refractivity contribution in [3.05, 3.63) is 54.2 Å². The molecule has 1 aromatic heterocycles. The molecule has 0 bridgehead atoms. The van der Waals surface area contributed by atoms with Gasteiger partial charge in [-0.2, -0.15) is 10.2 Å². The number of anilines is 5. The lowest BCUT2D eigenvalue weighted by Gasteiger charge is -2.35. The van der Waals surface area contributed by atoms with Gasteiger partial charge in [-0.1, -0.05) is 19.1 Å². The predicted octanol–water partition coefficient (Wildman–Crippen LogP) is 3.68. The van der Waals surface area contributed by atoms with Gasteiger partial charge < -0.3 is 35.5 Å². The van der Waals surface area contributed by atoms with Crippen molar-refractivity contribution < 1.29 is 14.1 Å². The van der Waals surface area contributed by atoms with Crippen LogP contribution in [0, 0.1) is 11.3 Å². The fourth-order valence-electron chi connectivity index (χ4n) is 4.24. The fourth-order valence-corrected chi connectivity index (χ4v) is 5.40. The lowest BCUT2D eigenvalue weighted by atomic mass is 10.2. The van der Waals surface area contributed by atoms with Gasteiger partial charge in [-0.25, -0.2) is 9.78 Å². The van der Waals surface area contributed by atoms with Crippen molar-refractivity contribution in [3.63, 3.8) is 0 Å². The van der Waals surface area contributed by atoms with E-state index >= 15 is 0 Å². The maximum absolute atomic E-state index is 12.8. The number of nitrogens with zero attached hydrogens (tertiary/aromatic N) is 5. The number of benzene rings is 2. The van der Waals surface area contributed by atoms with Crippen molar-refractivity contribution in [2.24, 2.45) is 5.73 Å². The summed E-state index contributed by atoms with van der Waals surface area (Å²) in [6.45, 7) is 10.1. The van der Waals surface area contributed by atoms with Gasteiger partial charge in [-0.3, -0.25) is 0 Å².